The number of carboxylic acids is 1. The second-order valence-corrected chi connectivity index (χ2v) is 6.02. The van der Waals surface area contributed by atoms with Crippen molar-refractivity contribution in [3.05, 3.63) is 52.3 Å². The first-order valence-corrected chi connectivity index (χ1v) is 7.81. The molecule has 120 valence electrons. The molecule has 0 saturated heterocycles. The Bertz CT molecular complexity index is 911. The maximum absolute atomic E-state index is 10.9. The molecule has 3 rings (SSSR count). The molecule has 0 saturated carbocycles. The summed E-state index contributed by atoms with van der Waals surface area (Å²) in [4.78, 5) is 25.7. The van der Waals surface area contributed by atoms with Crippen molar-refractivity contribution in [1.29, 1.82) is 0 Å². The minimum atomic E-state index is -0.996. The Morgan fingerprint density at radius 3 is 2.62 bits per heavy atom. The van der Waals surface area contributed by atoms with Gasteiger partial charge in [0, 0.05) is 11.9 Å². The highest BCUT2D eigenvalue weighted by Crippen LogP contribution is 2.33. The number of aromatic nitrogens is 3. The van der Waals surface area contributed by atoms with Gasteiger partial charge in [-0.2, -0.15) is 0 Å². The Morgan fingerprint density at radius 2 is 2.00 bits per heavy atom. The van der Waals surface area contributed by atoms with Gasteiger partial charge in [-0.05, 0) is 30.3 Å². The molecule has 1 aromatic carbocycles. The van der Waals surface area contributed by atoms with E-state index in [1.807, 2.05) is 0 Å². The van der Waals surface area contributed by atoms with Crippen molar-refractivity contribution in [3.63, 3.8) is 0 Å². The molecule has 2 N–H and O–H groups in total. The van der Waals surface area contributed by atoms with Crippen LogP contribution in [0.5, 0.6) is 0 Å². The summed E-state index contributed by atoms with van der Waals surface area (Å²) < 4.78 is 0. The summed E-state index contributed by atoms with van der Waals surface area (Å²) in [5.74, 6) is -0.996. The van der Waals surface area contributed by atoms with Gasteiger partial charge in [-0.1, -0.05) is 22.9 Å². The number of aromatic carboxylic acids is 1. The van der Waals surface area contributed by atoms with Crippen LogP contribution >= 0.6 is 22.9 Å². The first-order valence-electron chi connectivity index (χ1n) is 6.62. The van der Waals surface area contributed by atoms with Gasteiger partial charge in [-0.15, -0.1) is 10.2 Å². The van der Waals surface area contributed by atoms with Gasteiger partial charge in [0.25, 0.3) is 0 Å². The minimum Gasteiger partial charge on any atom is -0.478 e. The number of carbonyl (C=O) groups excluding carboxylic acids is 1. The van der Waals surface area contributed by atoms with Crippen LogP contribution in [0.4, 0.5) is 11.4 Å². The first-order chi connectivity index (χ1) is 11.6. The molecular weight excluding hydrogens is 352 g/mol. The maximum Gasteiger partial charge on any atom is 0.335 e. The van der Waals surface area contributed by atoms with Crippen LogP contribution in [0.3, 0.4) is 0 Å². The molecule has 0 bridgehead atoms. The second kappa shape index (κ2) is 6.73. The Hall–Kier alpha value is -2.84. The summed E-state index contributed by atoms with van der Waals surface area (Å²) in [5.41, 5.74) is 2.11. The molecule has 0 atom stereocenters. The van der Waals surface area contributed by atoms with Crippen LogP contribution in [0.1, 0.15) is 20.2 Å². The Morgan fingerprint density at radius 1 is 1.25 bits per heavy atom. The van der Waals surface area contributed by atoms with Crippen LogP contribution in [-0.2, 0) is 0 Å². The van der Waals surface area contributed by atoms with Crippen LogP contribution in [0, 0.1) is 0 Å². The van der Waals surface area contributed by atoms with E-state index in [0.29, 0.717) is 28.2 Å². The summed E-state index contributed by atoms with van der Waals surface area (Å²) >= 11 is 7.08. The normalized spacial score (nSPS) is 10.4. The van der Waals surface area contributed by atoms with Gasteiger partial charge in [0.1, 0.15) is 5.15 Å². The number of benzene rings is 1. The van der Waals surface area contributed by atoms with Gasteiger partial charge in [0.05, 0.1) is 16.8 Å². The third-order valence-corrected chi connectivity index (χ3v) is 4.14. The molecule has 0 unspecified atom stereocenters. The van der Waals surface area contributed by atoms with E-state index >= 15 is 0 Å². The zero-order chi connectivity index (χ0) is 17.1. The lowest BCUT2D eigenvalue weighted by molar-refractivity contribution is 0.0696. The number of halogens is 1. The third-order valence-electron chi connectivity index (χ3n) is 3.05. The van der Waals surface area contributed by atoms with Gasteiger partial charge in [-0.3, -0.25) is 4.79 Å². The van der Waals surface area contributed by atoms with Crippen LogP contribution in [0.2, 0.25) is 5.15 Å². The van der Waals surface area contributed by atoms with E-state index < -0.39 is 5.97 Å². The fraction of sp³-hybridized carbons (Fsp3) is 0. The van der Waals surface area contributed by atoms with E-state index in [-0.39, 0.29) is 15.7 Å². The Balaban J connectivity index is 1.96. The quantitative estimate of drug-likeness (QED) is 0.529. The highest BCUT2D eigenvalue weighted by Gasteiger charge is 2.13. The van der Waals surface area contributed by atoms with E-state index in [4.69, 9.17) is 16.7 Å². The van der Waals surface area contributed by atoms with E-state index in [1.54, 1.807) is 18.2 Å². The number of carboxylic acid groups (broad SMARTS) is 1. The largest absolute Gasteiger partial charge is 0.478 e. The van der Waals surface area contributed by atoms with Crippen LogP contribution < -0.4 is 5.32 Å². The smallest absolute Gasteiger partial charge is 0.335 e. The molecule has 0 radical (unpaired) electrons. The van der Waals surface area contributed by atoms with Crippen LogP contribution in [0.15, 0.2) is 36.5 Å². The number of hydrogen-bond donors (Lipinski definition) is 2. The lowest BCUT2D eigenvalue weighted by Gasteiger charge is -2.10. The summed E-state index contributed by atoms with van der Waals surface area (Å²) in [6.45, 7) is 0. The number of nitrogens with zero attached hydrogens (tertiary/aromatic N) is 3. The maximum atomic E-state index is 10.9. The fourth-order valence-corrected chi connectivity index (χ4v) is 2.79. The standard InChI is InChI=1S/C15H9ClN4O3S/c16-12-5-11(18-9-3-1-8(2-4-9)15(22)23)10(6-17-12)14-20-19-13(7-21)24-14/h1-7H,(H,17,18)(H,22,23). The van der Waals surface area contributed by atoms with Gasteiger partial charge < -0.3 is 10.4 Å². The van der Waals surface area contributed by atoms with Crippen molar-refractivity contribution in [2.45, 2.75) is 0 Å². The number of aldehydes is 1. The average Bonchev–Trinajstić information content (AvgIpc) is 3.04. The molecule has 3 aromatic rings. The molecular formula is C15H9ClN4O3S. The molecule has 0 fully saturated rings. The summed E-state index contributed by atoms with van der Waals surface area (Å²) in [6, 6.07) is 7.87. The molecule has 0 aliphatic carbocycles. The number of pyridine rings is 1. The summed E-state index contributed by atoms with van der Waals surface area (Å²) in [7, 11) is 0. The molecule has 0 amide bonds. The van der Waals surface area contributed by atoms with Crippen LogP contribution in [0.25, 0.3) is 10.6 Å². The molecule has 2 heterocycles. The number of hydrogen-bond acceptors (Lipinski definition) is 7. The molecule has 0 spiro atoms. The third kappa shape index (κ3) is 3.39. The van der Waals surface area contributed by atoms with Crippen molar-refractivity contribution >= 4 is 46.6 Å². The highest BCUT2D eigenvalue weighted by atomic mass is 35.5. The minimum absolute atomic E-state index is 0.188. The van der Waals surface area contributed by atoms with Gasteiger partial charge in [0.15, 0.2) is 16.3 Å². The monoisotopic (exact) mass is 360 g/mol. The predicted molar refractivity (Wildman–Crippen MR) is 90.2 cm³/mol. The number of rotatable bonds is 5. The van der Waals surface area contributed by atoms with E-state index in [0.717, 1.165) is 11.3 Å². The van der Waals surface area contributed by atoms with Crippen molar-refractivity contribution in [2.75, 3.05) is 5.32 Å². The van der Waals surface area contributed by atoms with E-state index in [1.165, 1.54) is 18.3 Å². The zero-order valence-corrected chi connectivity index (χ0v) is 13.5. The second-order valence-electron chi connectivity index (χ2n) is 4.62. The van der Waals surface area contributed by atoms with Crippen molar-refractivity contribution in [2.24, 2.45) is 0 Å². The molecule has 0 aliphatic rings. The number of nitrogens with one attached hydrogen (secondary N) is 1. The topological polar surface area (TPSA) is 105 Å². The SMILES string of the molecule is O=Cc1nnc(-c2cnc(Cl)cc2Nc2ccc(C(=O)O)cc2)s1. The molecule has 9 heteroatoms. The fourth-order valence-electron chi connectivity index (χ4n) is 1.95. The van der Waals surface area contributed by atoms with Gasteiger partial charge in [-0.25, -0.2) is 9.78 Å². The molecule has 24 heavy (non-hydrogen) atoms. The number of carbonyl (C=O) groups is 2. The van der Waals surface area contributed by atoms with E-state index in [2.05, 4.69) is 20.5 Å². The zero-order valence-electron chi connectivity index (χ0n) is 11.9. The lowest BCUT2D eigenvalue weighted by Crippen LogP contribution is -1.98. The Kier molecular flexibility index (Phi) is 4.50. The lowest BCUT2D eigenvalue weighted by atomic mass is 10.2. The van der Waals surface area contributed by atoms with Gasteiger partial charge >= 0.3 is 5.97 Å². The van der Waals surface area contributed by atoms with Crippen LogP contribution in [-0.4, -0.2) is 32.5 Å². The molecule has 0 aliphatic heterocycles. The molecule has 7 nitrogen and oxygen atoms in total. The first kappa shape index (κ1) is 16.0. The van der Waals surface area contributed by atoms with Crippen molar-refractivity contribution < 1.29 is 14.7 Å². The molecule has 2 aromatic heterocycles. The van der Waals surface area contributed by atoms with E-state index in [9.17, 15) is 9.59 Å². The average molecular weight is 361 g/mol. The van der Waals surface area contributed by atoms with Crippen molar-refractivity contribution in [1.82, 2.24) is 15.2 Å². The van der Waals surface area contributed by atoms with Gasteiger partial charge in [0.2, 0.25) is 0 Å². The summed E-state index contributed by atoms with van der Waals surface area (Å²) in [6.07, 6.45) is 2.16. The van der Waals surface area contributed by atoms with Crippen molar-refractivity contribution in [3.8, 4) is 10.6 Å². The Labute approximate surface area is 145 Å². The highest BCUT2D eigenvalue weighted by molar-refractivity contribution is 7.16. The number of anilines is 2. The summed E-state index contributed by atoms with van der Waals surface area (Å²) in [5, 5.41) is 20.9. The predicted octanol–water partition coefficient (Wildman–Crippen LogP) is 3.51.